The molecule has 0 atom stereocenters. The Kier molecular flexibility index (Phi) is 1.95. The molecular formula is C6H7NOS. The highest BCUT2D eigenvalue weighted by Crippen LogP contribution is 2.03. The van der Waals surface area contributed by atoms with Gasteiger partial charge in [0, 0.05) is 12.1 Å². The number of thiol groups is 1. The summed E-state index contributed by atoms with van der Waals surface area (Å²) in [5.41, 5.74) is 0.664. The maximum Gasteiger partial charge on any atom is 0.216 e. The summed E-state index contributed by atoms with van der Waals surface area (Å²) in [6.45, 7) is 0.720. The topological polar surface area (TPSA) is 29.1 Å². The number of hydrogen-bond donors (Lipinski definition) is 2. The van der Waals surface area contributed by atoms with Crippen molar-refractivity contribution in [2.24, 2.45) is 0 Å². The van der Waals surface area contributed by atoms with Crippen LogP contribution >= 0.6 is 12.6 Å². The van der Waals surface area contributed by atoms with Gasteiger partial charge in [0.1, 0.15) is 0 Å². The Morgan fingerprint density at radius 3 is 2.89 bits per heavy atom. The van der Waals surface area contributed by atoms with Crippen LogP contribution in [0.5, 0.6) is 0 Å². The van der Waals surface area contributed by atoms with Gasteiger partial charge >= 0.3 is 0 Å². The van der Waals surface area contributed by atoms with Gasteiger partial charge in [-0.05, 0) is 12.3 Å². The number of dihydropyridines is 1. The van der Waals surface area contributed by atoms with Crippen molar-refractivity contribution >= 4 is 17.7 Å². The lowest BCUT2D eigenvalue weighted by Crippen LogP contribution is -2.10. The van der Waals surface area contributed by atoms with Crippen LogP contribution < -0.4 is 5.32 Å². The van der Waals surface area contributed by atoms with E-state index < -0.39 is 0 Å². The molecule has 0 spiro atoms. The van der Waals surface area contributed by atoms with Crippen LogP contribution in [0.15, 0.2) is 23.9 Å². The van der Waals surface area contributed by atoms with Crippen LogP contribution in [0, 0.1) is 0 Å². The highest BCUT2D eigenvalue weighted by atomic mass is 32.1. The van der Waals surface area contributed by atoms with E-state index in [0.29, 0.717) is 5.57 Å². The van der Waals surface area contributed by atoms with Gasteiger partial charge in [0.2, 0.25) is 5.12 Å². The van der Waals surface area contributed by atoms with Gasteiger partial charge in [-0.1, -0.05) is 6.08 Å². The SMILES string of the molecule is O=C(S)C1=CCNC=C1. The molecule has 1 rings (SSSR count). The molecule has 1 aliphatic rings. The summed E-state index contributed by atoms with van der Waals surface area (Å²) in [7, 11) is 0. The van der Waals surface area contributed by atoms with Gasteiger partial charge in [-0.2, -0.15) is 0 Å². The monoisotopic (exact) mass is 141 g/mol. The summed E-state index contributed by atoms with van der Waals surface area (Å²) in [5.74, 6) is 0. The van der Waals surface area contributed by atoms with Crippen molar-refractivity contribution in [1.29, 1.82) is 0 Å². The van der Waals surface area contributed by atoms with Gasteiger partial charge in [-0.25, -0.2) is 0 Å². The van der Waals surface area contributed by atoms with E-state index >= 15 is 0 Å². The summed E-state index contributed by atoms with van der Waals surface area (Å²) in [5, 5.41) is 2.75. The van der Waals surface area contributed by atoms with E-state index in [1.165, 1.54) is 0 Å². The number of carbonyl (C=O) groups excluding carboxylic acids is 1. The minimum atomic E-state index is -0.173. The Hall–Kier alpha value is -0.700. The van der Waals surface area contributed by atoms with Crippen LogP contribution in [0.25, 0.3) is 0 Å². The fourth-order valence-corrected chi connectivity index (χ4v) is 0.778. The van der Waals surface area contributed by atoms with E-state index in [-0.39, 0.29) is 5.12 Å². The normalized spacial score (nSPS) is 16.3. The largest absolute Gasteiger partial charge is 0.387 e. The van der Waals surface area contributed by atoms with Crippen molar-refractivity contribution in [1.82, 2.24) is 5.32 Å². The Labute approximate surface area is 59.0 Å². The Morgan fingerprint density at radius 2 is 2.56 bits per heavy atom. The molecule has 1 heterocycles. The van der Waals surface area contributed by atoms with Gasteiger partial charge in [0.15, 0.2) is 0 Å². The van der Waals surface area contributed by atoms with Gasteiger partial charge < -0.3 is 5.32 Å². The third kappa shape index (κ3) is 1.61. The number of nitrogens with one attached hydrogen (secondary N) is 1. The molecule has 0 amide bonds. The maximum atomic E-state index is 10.5. The first-order valence-electron chi connectivity index (χ1n) is 2.64. The zero-order valence-corrected chi connectivity index (χ0v) is 5.69. The average molecular weight is 141 g/mol. The Bertz CT molecular complexity index is 183. The summed E-state index contributed by atoms with van der Waals surface area (Å²) < 4.78 is 0. The average Bonchev–Trinajstić information content (AvgIpc) is 1.90. The highest BCUT2D eigenvalue weighted by molar-refractivity contribution is 7.97. The van der Waals surface area contributed by atoms with Gasteiger partial charge in [-0.3, -0.25) is 4.79 Å². The number of hydrogen-bond acceptors (Lipinski definition) is 2. The summed E-state index contributed by atoms with van der Waals surface area (Å²) >= 11 is 3.65. The molecule has 0 aromatic rings. The first-order chi connectivity index (χ1) is 4.30. The zero-order valence-electron chi connectivity index (χ0n) is 4.79. The fraction of sp³-hybridized carbons (Fsp3) is 0.167. The zero-order chi connectivity index (χ0) is 6.69. The molecule has 0 aliphatic carbocycles. The minimum Gasteiger partial charge on any atom is -0.387 e. The highest BCUT2D eigenvalue weighted by Gasteiger charge is 2.00. The van der Waals surface area contributed by atoms with Crippen LogP contribution in [0.1, 0.15) is 0 Å². The Balaban J connectivity index is 2.69. The van der Waals surface area contributed by atoms with E-state index in [4.69, 9.17) is 0 Å². The molecule has 1 aliphatic heterocycles. The van der Waals surface area contributed by atoms with E-state index in [1.54, 1.807) is 18.4 Å². The third-order valence-electron chi connectivity index (χ3n) is 1.07. The lowest BCUT2D eigenvalue weighted by molar-refractivity contribution is -0.107. The van der Waals surface area contributed by atoms with Crippen LogP contribution in [-0.2, 0) is 4.79 Å². The molecule has 0 radical (unpaired) electrons. The van der Waals surface area contributed by atoms with Crippen molar-refractivity contribution in [3.63, 3.8) is 0 Å². The van der Waals surface area contributed by atoms with Crippen LogP contribution in [0.4, 0.5) is 0 Å². The molecular weight excluding hydrogens is 134 g/mol. The summed E-state index contributed by atoms with van der Waals surface area (Å²) in [6, 6.07) is 0. The molecule has 0 fully saturated rings. The molecule has 0 bridgehead atoms. The molecule has 1 N–H and O–H groups in total. The second kappa shape index (κ2) is 2.73. The van der Waals surface area contributed by atoms with E-state index in [0.717, 1.165) is 6.54 Å². The predicted molar refractivity (Wildman–Crippen MR) is 39.2 cm³/mol. The van der Waals surface area contributed by atoms with Crippen molar-refractivity contribution < 1.29 is 4.79 Å². The summed E-state index contributed by atoms with van der Waals surface area (Å²) in [4.78, 5) is 10.5. The molecule has 2 nitrogen and oxygen atoms in total. The molecule has 0 aromatic carbocycles. The first-order valence-corrected chi connectivity index (χ1v) is 3.09. The molecule has 0 saturated heterocycles. The van der Waals surface area contributed by atoms with Crippen LogP contribution in [0.3, 0.4) is 0 Å². The second-order valence-corrected chi connectivity index (χ2v) is 2.11. The maximum absolute atomic E-state index is 10.5. The van der Waals surface area contributed by atoms with Gasteiger partial charge in [0.05, 0.1) is 0 Å². The molecule has 48 valence electrons. The van der Waals surface area contributed by atoms with E-state index in [9.17, 15) is 4.79 Å². The smallest absolute Gasteiger partial charge is 0.216 e. The number of rotatable bonds is 1. The summed E-state index contributed by atoms with van der Waals surface area (Å²) in [6.07, 6.45) is 5.25. The minimum absolute atomic E-state index is 0.173. The number of carbonyl (C=O) groups is 1. The Morgan fingerprint density at radius 1 is 1.78 bits per heavy atom. The number of allylic oxidation sites excluding steroid dienone is 1. The quantitative estimate of drug-likeness (QED) is 0.520. The third-order valence-corrected chi connectivity index (χ3v) is 1.33. The molecule has 9 heavy (non-hydrogen) atoms. The van der Waals surface area contributed by atoms with Gasteiger partial charge in [-0.15, -0.1) is 12.6 Å². The first kappa shape index (κ1) is 6.42. The van der Waals surface area contributed by atoms with E-state index in [1.807, 2.05) is 0 Å². The van der Waals surface area contributed by atoms with Crippen molar-refractivity contribution in [2.45, 2.75) is 0 Å². The van der Waals surface area contributed by atoms with E-state index in [2.05, 4.69) is 17.9 Å². The van der Waals surface area contributed by atoms with Crippen molar-refractivity contribution in [2.75, 3.05) is 6.54 Å². The van der Waals surface area contributed by atoms with Crippen molar-refractivity contribution in [3.8, 4) is 0 Å². The van der Waals surface area contributed by atoms with Crippen molar-refractivity contribution in [3.05, 3.63) is 23.9 Å². The van der Waals surface area contributed by atoms with Gasteiger partial charge in [0.25, 0.3) is 0 Å². The molecule has 3 heteroatoms. The second-order valence-electron chi connectivity index (χ2n) is 1.71. The molecule has 0 unspecified atom stereocenters. The molecule has 0 saturated carbocycles. The molecule has 0 aromatic heterocycles. The standard InChI is InChI=1S/C6H7NOS/c8-6(9)5-1-3-7-4-2-5/h1-3,7H,4H2,(H,8,9). The predicted octanol–water partition coefficient (Wildman–Crippen LogP) is 0.486. The van der Waals surface area contributed by atoms with Crippen LogP contribution in [-0.4, -0.2) is 11.7 Å². The fourth-order valence-electron chi connectivity index (χ4n) is 0.612. The lowest BCUT2D eigenvalue weighted by atomic mass is 10.2. The van der Waals surface area contributed by atoms with Crippen LogP contribution in [0.2, 0.25) is 0 Å². The lowest BCUT2D eigenvalue weighted by Gasteiger charge is -2.02.